The molecular weight excluding hydrogens is 344 g/mol. The molecule has 3 aromatic rings. The van der Waals surface area contributed by atoms with Gasteiger partial charge in [-0.25, -0.2) is 0 Å². The van der Waals surface area contributed by atoms with Gasteiger partial charge in [-0.1, -0.05) is 62.3 Å². The first-order valence-electron chi connectivity index (χ1n) is 10.0. The highest BCUT2D eigenvalue weighted by Gasteiger charge is 2.22. The second kappa shape index (κ2) is 6.61. The first kappa shape index (κ1) is 20.4. The van der Waals surface area contributed by atoms with Gasteiger partial charge in [0, 0.05) is 33.3 Å². The zero-order valence-corrected chi connectivity index (χ0v) is 18.8. The predicted molar refractivity (Wildman–Crippen MR) is 118 cm³/mol. The number of hydrogen-bond donors (Lipinski definition) is 2. The number of aromatic nitrogens is 4. The van der Waals surface area contributed by atoms with Crippen LogP contribution >= 0.6 is 0 Å². The maximum absolute atomic E-state index is 4.60. The van der Waals surface area contributed by atoms with Gasteiger partial charge < -0.3 is 0 Å². The summed E-state index contributed by atoms with van der Waals surface area (Å²) in [5.41, 5.74) is 7.87. The van der Waals surface area contributed by atoms with Gasteiger partial charge in [-0.3, -0.25) is 10.2 Å². The summed E-state index contributed by atoms with van der Waals surface area (Å²) in [7, 11) is 0. The number of nitrogens with one attached hydrogen (secondary N) is 2. The minimum absolute atomic E-state index is 0.0388. The lowest BCUT2D eigenvalue weighted by Gasteiger charge is -2.21. The molecule has 0 aliphatic carbocycles. The van der Waals surface area contributed by atoms with Crippen molar-refractivity contribution in [1.29, 1.82) is 0 Å². The van der Waals surface area contributed by atoms with E-state index in [4.69, 9.17) is 0 Å². The average Bonchev–Trinajstić information content (AvgIpc) is 3.22. The molecule has 0 spiro atoms. The molecule has 0 fully saturated rings. The molecule has 0 amide bonds. The van der Waals surface area contributed by atoms with Gasteiger partial charge in [0.15, 0.2) is 0 Å². The number of hydrogen-bond acceptors (Lipinski definition) is 2. The lowest BCUT2D eigenvalue weighted by atomic mass is 9.84. The van der Waals surface area contributed by atoms with Crippen molar-refractivity contribution in [2.75, 3.05) is 0 Å². The molecule has 2 N–H and O–H groups in total. The smallest absolute Gasteiger partial charge is 0.0924 e. The van der Waals surface area contributed by atoms with E-state index >= 15 is 0 Å². The highest BCUT2D eigenvalue weighted by atomic mass is 15.1. The molecule has 4 nitrogen and oxygen atoms in total. The number of aromatic amines is 2. The number of benzene rings is 1. The van der Waals surface area contributed by atoms with Gasteiger partial charge in [0.1, 0.15) is 0 Å². The van der Waals surface area contributed by atoms with Crippen LogP contribution in [-0.4, -0.2) is 20.4 Å². The van der Waals surface area contributed by atoms with Crippen LogP contribution in [0.15, 0.2) is 30.3 Å². The van der Waals surface area contributed by atoms with E-state index in [1.54, 1.807) is 0 Å². The summed E-state index contributed by atoms with van der Waals surface area (Å²) < 4.78 is 0. The summed E-state index contributed by atoms with van der Waals surface area (Å²) >= 11 is 0. The van der Waals surface area contributed by atoms with Gasteiger partial charge in [-0.15, -0.1) is 0 Å². The van der Waals surface area contributed by atoms with Crippen molar-refractivity contribution in [3.8, 4) is 22.5 Å². The van der Waals surface area contributed by atoms with E-state index in [2.05, 4.69) is 113 Å². The topological polar surface area (TPSA) is 57.4 Å². The first-order valence-corrected chi connectivity index (χ1v) is 10.0. The van der Waals surface area contributed by atoms with Gasteiger partial charge in [-0.05, 0) is 41.3 Å². The van der Waals surface area contributed by atoms with E-state index in [9.17, 15) is 0 Å². The van der Waals surface area contributed by atoms with Crippen LogP contribution < -0.4 is 0 Å². The van der Waals surface area contributed by atoms with Crippen LogP contribution in [0.5, 0.6) is 0 Å². The van der Waals surface area contributed by atoms with E-state index < -0.39 is 0 Å². The summed E-state index contributed by atoms with van der Waals surface area (Å²) in [4.78, 5) is 0. The fourth-order valence-corrected chi connectivity index (χ4v) is 3.06. The molecule has 2 aromatic heterocycles. The van der Waals surface area contributed by atoms with Crippen LogP contribution in [0, 0.1) is 0 Å². The normalized spacial score (nSPS) is 13.2. The first-order chi connectivity index (χ1) is 12.7. The molecule has 3 rings (SSSR count). The summed E-state index contributed by atoms with van der Waals surface area (Å²) in [6.45, 7) is 19.9. The number of H-pyrrole nitrogens is 2. The van der Waals surface area contributed by atoms with Crippen molar-refractivity contribution >= 4 is 0 Å². The van der Waals surface area contributed by atoms with Crippen LogP contribution in [0.25, 0.3) is 22.5 Å². The summed E-state index contributed by atoms with van der Waals surface area (Å²) in [5.74, 6) is 0. The highest BCUT2D eigenvalue weighted by molar-refractivity contribution is 5.71. The fraction of sp³-hybridized carbons (Fsp3) is 0.500. The highest BCUT2D eigenvalue weighted by Crippen LogP contribution is 2.34. The Morgan fingerprint density at radius 1 is 0.536 bits per heavy atom. The quantitative estimate of drug-likeness (QED) is 0.545. The van der Waals surface area contributed by atoms with Gasteiger partial charge >= 0.3 is 0 Å². The van der Waals surface area contributed by atoms with E-state index in [1.807, 2.05) is 0 Å². The molecule has 0 radical (unpaired) electrons. The van der Waals surface area contributed by atoms with Gasteiger partial charge in [0.2, 0.25) is 0 Å². The molecule has 0 aliphatic rings. The Labute approximate surface area is 169 Å². The van der Waals surface area contributed by atoms with Crippen molar-refractivity contribution in [2.24, 2.45) is 0 Å². The standard InChI is InChI=1S/C24H34N4/c1-22(2,3)17-11-15(18-13-20(27-25-18)23(4,5)6)10-16(12-17)19-14-21(28-26-19)24(7,8)9/h10-14H,1-9H3,(H,25,27)(H,26,28). The second-order valence-electron chi connectivity index (χ2n) is 10.9. The lowest BCUT2D eigenvalue weighted by molar-refractivity contribution is 0.566. The molecule has 0 saturated carbocycles. The van der Waals surface area contributed by atoms with E-state index in [-0.39, 0.29) is 16.2 Å². The summed E-state index contributed by atoms with van der Waals surface area (Å²) in [6, 6.07) is 11.0. The monoisotopic (exact) mass is 378 g/mol. The largest absolute Gasteiger partial charge is 0.281 e. The molecule has 28 heavy (non-hydrogen) atoms. The van der Waals surface area contributed by atoms with E-state index in [0.29, 0.717) is 0 Å². The summed E-state index contributed by atoms with van der Waals surface area (Å²) in [5, 5.41) is 15.6. The summed E-state index contributed by atoms with van der Waals surface area (Å²) in [6.07, 6.45) is 0. The van der Waals surface area contributed by atoms with E-state index in [0.717, 1.165) is 33.9 Å². The van der Waals surface area contributed by atoms with Crippen molar-refractivity contribution in [3.63, 3.8) is 0 Å². The van der Waals surface area contributed by atoms with Gasteiger partial charge in [0.25, 0.3) is 0 Å². The third-order valence-corrected chi connectivity index (χ3v) is 5.16. The van der Waals surface area contributed by atoms with Crippen LogP contribution in [-0.2, 0) is 16.2 Å². The second-order valence-corrected chi connectivity index (χ2v) is 10.9. The Kier molecular flexibility index (Phi) is 4.81. The zero-order valence-electron chi connectivity index (χ0n) is 18.8. The third kappa shape index (κ3) is 4.21. The SMILES string of the molecule is CC(C)(C)c1cc(-c2cc(C(C)(C)C)[nH]n2)cc(-c2cc(C(C)(C)C)[nH]n2)c1. The molecule has 2 heterocycles. The Bertz CT molecular complexity index is 899. The van der Waals surface area contributed by atoms with Crippen LogP contribution in [0.4, 0.5) is 0 Å². The molecule has 0 saturated heterocycles. The molecule has 0 bridgehead atoms. The lowest BCUT2D eigenvalue weighted by Crippen LogP contribution is -2.11. The van der Waals surface area contributed by atoms with Crippen molar-refractivity contribution < 1.29 is 0 Å². The van der Waals surface area contributed by atoms with Crippen molar-refractivity contribution in [1.82, 2.24) is 20.4 Å². The maximum atomic E-state index is 4.60. The minimum Gasteiger partial charge on any atom is -0.281 e. The van der Waals surface area contributed by atoms with Gasteiger partial charge in [0.05, 0.1) is 11.4 Å². The van der Waals surface area contributed by atoms with Crippen LogP contribution in [0.1, 0.15) is 79.3 Å². The molecule has 0 atom stereocenters. The molecular formula is C24H34N4. The van der Waals surface area contributed by atoms with Crippen molar-refractivity contribution in [2.45, 2.75) is 78.6 Å². The predicted octanol–water partition coefficient (Wildman–Crippen LogP) is 6.36. The van der Waals surface area contributed by atoms with Crippen molar-refractivity contribution in [3.05, 3.63) is 47.3 Å². The average molecular weight is 379 g/mol. The Balaban J connectivity index is 2.13. The Morgan fingerprint density at radius 2 is 0.929 bits per heavy atom. The zero-order chi connectivity index (χ0) is 20.9. The van der Waals surface area contributed by atoms with E-state index in [1.165, 1.54) is 5.56 Å². The van der Waals surface area contributed by atoms with Crippen LogP contribution in [0.3, 0.4) is 0 Å². The molecule has 150 valence electrons. The Morgan fingerprint density at radius 3 is 1.21 bits per heavy atom. The third-order valence-electron chi connectivity index (χ3n) is 5.16. The number of nitrogens with zero attached hydrogens (tertiary/aromatic N) is 2. The van der Waals surface area contributed by atoms with Gasteiger partial charge in [-0.2, -0.15) is 10.2 Å². The maximum Gasteiger partial charge on any atom is 0.0924 e. The Hall–Kier alpha value is -2.36. The molecule has 1 aromatic carbocycles. The fourth-order valence-electron chi connectivity index (χ4n) is 3.06. The number of rotatable bonds is 2. The molecule has 4 heteroatoms. The molecule has 0 aliphatic heterocycles. The molecule has 0 unspecified atom stereocenters. The van der Waals surface area contributed by atoms with Crippen LogP contribution in [0.2, 0.25) is 0 Å². The minimum atomic E-state index is 0.0388.